The van der Waals surface area contributed by atoms with Gasteiger partial charge in [0.05, 0.1) is 5.69 Å². The number of hydrogen-bond donors (Lipinski definition) is 0. The van der Waals surface area contributed by atoms with E-state index in [0.717, 1.165) is 5.56 Å². The van der Waals surface area contributed by atoms with Crippen LogP contribution in [0.4, 0.5) is 18.9 Å². The van der Waals surface area contributed by atoms with E-state index in [9.17, 15) is 13.2 Å². The molecule has 1 rings (SSSR count). The van der Waals surface area contributed by atoms with Crippen molar-refractivity contribution in [2.75, 3.05) is 0 Å². The third-order valence-electron chi connectivity index (χ3n) is 1.68. The van der Waals surface area contributed by atoms with Crippen LogP contribution in [0.5, 0.6) is 5.75 Å². The number of rotatable bonds is 2. The van der Waals surface area contributed by atoms with Gasteiger partial charge in [0.2, 0.25) is 0 Å². The van der Waals surface area contributed by atoms with Gasteiger partial charge in [-0.25, -0.2) is 0 Å². The van der Waals surface area contributed by atoms with Crippen LogP contribution in [0.15, 0.2) is 23.2 Å². The van der Waals surface area contributed by atoms with E-state index in [2.05, 4.69) is 9.73 Å². The lowest BCUT2D eigenvalue weighted by Crippen LogP contribution is -2.17. The fourth-order valence-electron chi connectivity index (χ4n) is 1.06. The zero-order valence-corrected chi connectivity index (χ0v) is 8.30. The van der Waals surface area contributed by atoms with Crippen LogP contribution in [0.2, 0.25) is 0 Å². The second kappa shape index (κ2) is 4.33. The quantitative estimate of drug-likeness (QED) is 0.693. The molecule has 0 aliphatic heterocycles. The number of alkyl halides is 3. The second-order valence-electron chi connectivity index (χ2n) is 2.88. The summed E-state index contributed by atoms with van der Waals surface area (Å²) in [5.74, 6) is -0.256. The Morgan fingerprint density at radius 3 is 2.53 bits per heavy atom. The minimum absolute atomic E-state index is 0.256. The SMILES string of the molecule is CC=Nc1cc(OC(F)(F)F)ccc1C. The zero-order chi connectivity index (χ0) is 11.5. The van der Waals surface area contributed by atoms with E-state index in [-0.39, 0.29) is 5.75 Å². The van der Waals surface area contributed by atoms with Gasteiger partial charge in [-0.15, -0.1) is 13.2 Å². The third kappa shape index (κ3) is 3.61. The van der Waals surface area contributed by atoms with Gasteiger partial charge in [-0.05, 0) is 25.5 Å². The minimum atomic E-state index is -4.66. The van der Waals surface area contributed by atoms with Crippen LogP contribution < -0.4 is 4.74 Å². The van der Waals surface area contributed by atoms with Crippen LogP contribution in [0, 0.1) is 6.92 Å². The van der Waals surface area contributed by atoms with Crippen molar-refractivity contribution in [3.05, 3.63) is 23.8 Å². The van der Waals surface area contributed by atoms with E-state index >= 15 is 0 Å². The van der Waals surface area contributed by atoms with Gasteiger partial charge in [-0.2, -0.15) is 0 Å². The topological polar surface area (TPSA) is 21.6 Å². The van der Waals surface area contributed by atoms with Gasteiger partial charge >= 0.3 is 6.36 Å². The van der Waals surface area contributed by atoms with Gasteiger partial charge < -0.3 is 4.74 Å². The van der Waals surface area contributed by atoms with Crippen molar-refractivity contribution < 1.29 is 17.9 Å². The normalized spacial score (nSPS) is 12.1. The number of aryl methyl sites for hydroxylation is 1. The maximum Gasteiger partial charge on any atom is 0.573 e. The predicted molar refractivity (Wildman–Crippen MR) is 51.7 cm³/mol. The molecule has 0 aliphatic rings. The number of halogens is 3. The summed E-state index contributed by atoms with van der Waals surface area (Å²) < 4.78 is 39.5. The molecule has 82 valence electrons. The Morgan fingerprint density at radius 2 is 2.00 bits per heavy atom. The average molecular weight is 217 g/mol. The van der Waals surface area contributed by atoms with Crippen molar-refractivity contribution >= 4 is 11.9 Å². The highest BCUT2D eigenvalue weighted by Crippen LogP contribution is 2.28. The van der Waals surface area contributed by atoms with Crippen molar-refractivity contribution in [1.29, 1.82) is 0 Å². The molecule has 2 nitrogen and oxygen atoms in total. The molecule has 15 heavy (non-hydrogen) atoms. The second-order valence-corrected chi connectivity index (χ2v) is 2.88. The smallest absolute Gasteiger partial charge is 0.406 e. The molecule has 0 radical (unpaired) electrons. The summed E-state index contributed by atoms with van der Waals surface area (Å²) in [4.78, 5) is 3.92. The van der Waals surface area contributed by atoms with E-state index in [0.29, 0.717) is 5.69 Å². The number of aliphatic imine (C=N–C) groups is 1. The molecule has 0 atom stereocenters. The summed E-state index contributed by atoms with van der Waals surface area (Å²) in [6, 6.07) is 4.05. The molecular weight excluding hydrogens is 207 g/mol. The predicted octanol–water partition coefficient (Wildman–Crippen LogP) is 3.62. The highest BCUT2D eigenvalue weighted by Gasteiger charge is 2.31. The van der Waals surface area contributed by atoms with Crippen molar-refractivity contribution in [2.24, 2.45) is 4.99 Å². The van der Waals surface area contributed by atoms with Crippen molar-refractivity contribution in [1.82, 2.24) is 0 Å². The molecule has 0 unspecified atom stereocenters. The van der Waals surface area contributed by atoms with Crippen LogP contribution in [0.25, 0.3) is 0 Å². The molecule has 1 aromatic carbocycles. The van der Waals surface area contributed by atoms with E-state index < -0.39 is 6.36 Å². The lowest BCUT2D eigenvalue weighted by Gasteiger charge is -2.09. The number of benzene rings is 1. The number of hydrogen-bond acceptors (Lipinski definition) is 2. The van der Waals surface area contributed by atoms with Gasteiger partial charge in [0.15, 0.2) is 0 Å². The van der Waals surface area contributed by atoms with Crippen molar-refractivity contribution in [3.63, 3.8) is 0 Å². The molecule has 1 aromatic rings. The maximum atomic E-state index is 11.9. The fraction of sp³-hybridized carbons (Fsp3) is 0.300. The van der Waals surface area contributed by atoms with E-state index in [1.165, 1.54) is 24.4 Å². The first-order chi connectivity index (χ1) is 6.92. The molecule has 0 bridgehead atoms. The monoisotopic (exact) mass is 217 g/mol. The van der Waals surface area contributed by atoms with Gasteiger partial charge in [0, 0.05) is 12.3 Å². The standard InChI is InChI=1S/C10H10F3NO/c1-3-14-9-6-8(5-4-7(9)2)15-10(11,12)13/h3-6H,1-2H3. The Bertz CT molecular complexity index is 371. The minimum Gasteiger partial charge on any atom is -0.406 e. The molecule has 0 saturated heterocycles. The zero-order valence-electron chi connectivity index (χ0n) is 8.30. The molecule has 0 N–H and O–H groups in total. The highest BCUT2D eigenvalue weighted by molar-refractivity contribution is 5.63. The molecule has 0 fully saturated rings. The summed E-state index contributed by atoms with van der Waals surface area (Å²) in [6.45, 7) is 3.45. The molecule has 0 spiro atoms. The van der Waals surface area contributed by atoms with Crippen molar-refractivity contribution in [3.8, 4) is 5.75 Å². The van der Waals surface area contributed by atoms with Crippen molar-refractivity contribution in [2.45, 2.75) is 20.2 Å². The molecule has 0 heterocycles. The van der Waals surface area contributed by atoms with Gasteiger partial charge in [0.1, 0.15) is 5.75 Å². The van der Waals surface area contributed by atoms with Gasteiger partial charge in [-0.3, -0.25) is 4.99 Å². The van der Waals surface area contributed by atoms with Crippen LogP contribution >= 0.6 is 0 Å². The highest BCUT2D eigenvalue weighted by atomic mass is 19.4. The summed E-state index contributed by atoms with van der Waals surface area (Å²) in [5.41, 5.74) is 1.27. The van der Waals surface area contributed by atoms with Crippen LogP contribution in [-0.4, -0.2) is 12.6 Å². The largest absolute Gasteiger partial charge is 0.573 e. The first-order valence-electron chi connectivity index (χ1n) is 4.27. The Kier molecular flexibility index (Phi) is 3.34. The molecule has 0 amide bonds. The summed E-state index contributed by atoms with van der Waals surface area (Å²) in [5, 5.41) is 0. The molecule has 0 aliphatic carbocycles. The first kappa shape index (κ1) is 11.6. The lowest BCUT2D eigenvalue weighted by molar-refractivity contribution is -0.274. The molecule has 5 heteroatoms. The van der Waals surface area contributed by atoms with Gasteiger partial charge in [-0.1, -0.05) is 6.07 Å². The Balaban J connectivity index is 2.97. The summed E-state index contributed by atoms with van der Waals surface area (Å²) in [7, 11) is 0. The van der Waals surface area contributed by atoms with Crippen LogP contribution in [0.3, 0.4) is 0 Å². The maximum absolute atomic E-state index is 11.9. The van der Waals surface area contributed by atoms with Crippen LogP contribution in [-0.2, 0) is 0 Å². The van der Waals surface area contributed by atoms with Crippen LogP contribution in [0.1, 0.15) is 12.5 Å². The molecule has 0 aromatic heterocycles. The average Bonchev–Trinajstić information content (AvgIpc) is 2.09. The number of ether oxygens (including phenoxy) is 1. The van der Waals surface area contributed by atoms with Gasteiger partial charge in [0.25, 0.3) is 0 Å². The van der Waals surface area contributed by atoms with E-state index in [4.69, 9.17) is 0 Å². The summed E-state index contributed by atoms with van der Waals surface area (Å²) in [6.07, 6.45) is -3.15. The molecule has 0 saturated carbocycles. The first-order valence-corrected chi connectivity index (χ1v) is 4.27. The van der Waals surface area contributed by atoms with E-state index in [1.54, 1.807) is 13.8 Å². The Hall–Kier alpha value is -1.52. The Labute approximate surface area is 85.4 Å². The lowest BCUT2D eigenvalue weighted by atomic mass is 10.2. The van der Waals surface area contributed by atoms with E-state index in [1.807, 2.05) is 0 Å². The molecular formula is C10H10F3NO. The third-order valence-corrected chi connectivity index (χ3v) is 1.68. The Morgan fingerprint density at radius 1 is 1.33 bits per heavy atom. The number of nitrogens with zero attached hydrogens (tertiary/aromatic N) is 1. The summed E-state index contributed by atoms with van der Waals surface area (Å²) >= 11 is 0. The fourth-order valence-corrected chi connectivity index (χ4v) is 1.06.